The molecule has 0 saturated heterocycles. The largest absolute Gasteiger partial charge is 0.488 e. The molecule has 1 aliphatic rings. The fourth-order valence-corrected chi connectivity index (χ4v) is 2.49. The van der Waals surface area contributed by atoms with Crippen molar-refractivity contribution in [1.82, 2.24) is 9.55 Å². The Morgan fingerprint density at radius 1 is 1.38 bits per heavy atom. The zero-order valence-corrected chi connectivity index (χ0v) is 11.5. The van der Waals surface area contributed by atoms with Crippen molar-refractivity contribution in [2.24, 2.45) is 0 Å². The van der Waals surface area contributed by atoms with Gasteiger partial charge in [-0.05, 0) is 18.6 Å². The Balaban J connectivity index is 1.91. The van der Waals surface area contributed by atoms with Crippen LogP contribution in [-0.4, -0.2) is 21.4 Å². The van der Waals surface area contributed by atoms with Crippen LogP contribution >= 0.6 is 0 Å². The maximum absolute atomic E-state index is 12.2. The van der Waals surface area contributed by atoms with E-state index in [-0.39, 0.29) is 24.0 Å². The minimum atomic E-state index is -0.578. The van der Waals surface area contributed by atoms with Gasteiger partial charge in [-0.15, -0.1) is 0 Å². The molecule has 21 heavy (non-hydrogen) atoms. The molecule has 0 spiro atoms. The zero-order valence-electron chi connectivity index (χ0n) is 11.5. The lowest BCUT2D eigenvalue weighted by atomic mass is 10.1. The molecular weight excluding hydrogens is 272 g/mol. The second-order valence-corrected chi connectivity index (χ2v) is 5.03. The van der Waals surface area contributed by atoms with Crippen molar-refractivity contribution < 1.29 is 9.53 Å². The topological polar surface area (TPSA) is 81.2 Å². The first-order valence-corrected chi connectivity index (χ1v) is 6.64. The maximum atomic E-state index is 12.2. The van der Waals surface area contributed by atoms with Gasteiger partial charge in [0.1, 0.15) is 11.9 Å². The van der Waals surface area contributed by atoms with Crippen LogP contribution in [0.25, 0.3) is 0 Å². The van der Waals surface area contributed by atoms with Crippen molar-refractivity contribution in [3.05, 3.63) is 62.4 Å². The van der Waals surface area contributed by atoms with Crippen molar-refractivity contribution >= 4 is 5.78 Å². The van der Waals surface area contributed by atoms with Crippen LogP contribution in [0.5, 0.6) is 5.75 Å². The standard InChI is InChI=1S/C15H14N2O4/c1-9(18)12-7-16-15(20)17(14(12)19)8-11-6-10-4-2-3-5-13(10)21-11/h2-5,7,11H,6,8H2,1H3,(H,16,20). The van der Waals surface area contributed by atoms with Crippen LogP contribution in [0, 0.1) is 0 Å². The molecule has 108 valence electrons. The van der Waals surface area contributed by atoms with Gasteiger partial charge in [-0.1, -0.05) is 18.2 Å². The molecule has 0 bridgehead atoms. The number of H-pyrrole nitrogens is 1. The van der Waals surface area contributed by atoms with Crippen molar-refractivity contribution in [3.63, 3.8) is 0 Å². The third-order valence-electron chi connectivity index (χ3n) is 3.54. The summed E-state index contributed by atoms with van der Waals surface area (Å²) in [5, 5.41) is 0. The van der Waals surface area contributed by atoms with Gasteiger partial charge >= 0.3 is 5.69 Å². The Hall–Kier alpha value is -2.63. The second-order valence-electron chi connectivity index (χ2n) is 5.03. The van der Waals surface area contributed by atoms with Gasteiger partial charge in [-0.25, -0.2) is 4.79 Å². The lowest BCUT2D eigenvalue weighted by Gasteiger charge is -2.12. The number of benzene rings is 1. The lowest BCUT2D eigenvalue weighted by molar-refractivity contribution is 0.101. The third-order valence-corrected chi connectivity index (χ3v) is 3.54. The minimum Gasteiger partial charge on any atom is -0.488 e. The SMILES string of the molecule is CC(=O)c1c[nH]c(=O)n(CC2Cc3ccccc3O2)c1=O. The number of para-hydroxylation sites is 1. The molecule has 0 radical (unpaired) electrons. The number of carbonyl (C=O) groups is 1. The molecular formula is C15H14N2O4. The van der Waals surface area contributed by atoms with E-state index in [9.17, 15) is 14.4 Å². The fourth-order valence-electron chi connectivity index (χ4n) is 2.49. The molecule has 6 nitrogen and oxygen atoms in total. The monoisotopic (exact) mass is 286 g/mol. The van der Waals surface area contributed by atoms with E-state index in [0.29, 0.717) is 6.42 Å². The van der Waals surface area contributed by atoms with E-state index in [1.54, 1.807) is 0 Å². The summed E-state index contributed by atoms with van der Waals surface area (Å²) < 4.78 is 6.74. The summed E-state index contributed by atoms with van der Waals surface area (Å²) in [6.07, 6.45) is 1.50. The van der Waals surface area contributed by atoms with Crippen molar-refractivity contribution in [1.29, 1.82) is 0 Å². The van der Waals surface area contributed by atoms with Gasteiger partial charge in [0.2, 0.25) is 0 Å². The summed E-state index contributed by atoms with van der Waals surface area (Å²) in [4.78, 5) is 37.8. The quantitative estimate of drug-likeness (QED) is 0.844. The molecule has 0 aliphatic carbocycles. The number of ether oxygens (including phenoxy) is 1. The molecule has 1 atom stereocenters. The number of Topliss-reactive ketones (excluding diaryl/α,β-unsaturated/α-hetero) is 1. The lowest BCUT2D eigenvalue weighted by Crippen LogP contribution is -2.41. The van der Waals surface area contributed by atoms with E-state index >= 15 is 0 Å². The molecule has 0 fully saturated rings. The number of nitrogens with one attached hydrogen (secondary N) is 1. The number of carbonyl (C=O) groups excluding carboxylic acids is 1. The fraction of sp³-hybridized carbons (Fsp3) is 0.267. The summed E-state index contributed by atoms with van der Waals surface area (Å²) >= 11 is 0. The van der Waals surface area contributed by atoms with Gasteiger partial charge in [0.15, 0.2) is 5.78 Å². The first-order chi connectivity index (χ1) is 10.1. The summed E-state index contributed by atoms with van der Waals surface area (Å²) in [5.41, 5.74) is -0.0878. The van der Waals surface area contributed by atoms with Crippen LogP contribution in [-0.2, 0) is 13.0 Å². The maximum Gasteiger partial charge on any atom is 0.328 e. The van der Waals surface area contributed by atoms with E-state index in [1.165, 1.54) is 6.92 Å². The zero-order chi connectivity index (χ0) is 15.0. The molecule has 2 heterocycles. The summed E-state index contributed by atoms with van der Waals surface area (Å²) in [5.74, 6) is 0.398. The van der Waals surface area contributed by atoms with Crippen LogP contribution in [0.1, 0.15) is 22.8 Å². The highest BCUT2D eigenvalue weighted by Crippen LogP contribution is 2.28. The van der Waals surface area contributed by atoms with E-state index in [4.69, 9.17) is 4.74 Å². The number of hydrogen-bond acceptors (Lipinski definition) is 4. The van der Waals surface area contributed by atoms with Crippen LogP contribution < -0.4 is 16.0 Å². The van der Waals surface area contributed by atoms with Gasteiger partial charge in [-0.2, -0.15) is 0 Å². The Kier molecular flexibility index (Phi) is 3.21. The van der Waals surface area contributed by atoms with Crippen molar-refractivity contribution in [3.8, 4) is 5.75 Å². The highest BCUT2D eigenvalue weighted by Gasteiger charge is 2.24. The van der Waals surface area contributed by atoms with Crippen molar-refractivity contribution in [2.45, 2.75) is 26.0 Å². The number of aromatic nitrogens is 2. The van der Waals surface area contributed by atoms with E-state index in [0.717, 1.165) is 22.1 Å². The Morgan fingerprint density at radius 2 is 2.14 bits per heavy atom. The second kappa shape index (κ2) is 5.05. The molecule has 1 N–H and O–H groups in total. The molecule has 1 aromatic heterocycles. The Morgan fingerprint density at radius 3 is 2.86 bits per heavy atom. The van der Waals surface area contributed by atoms with E-state index in [1.807, 2.05) is 24.3 Å². The predicted octanol–water partition coefficient (Wildman–Crippen LogP) is 0.743. The Labute approximate surface area is 120 Å². The summed E-state index contributed by atoms with van der Waals surface area (Å²) in [6.45, 7) is 1.41. The normalized spacial score (nSPS) is 16.3. The number of rotatable bonds is 3. The van der Waals surface area contributed by atoms with Crippen LogP contribution in [0.2, 0.25) is 0 Å². The van der Waals surface area contributed by atoms with Crippen LogP contribution in [0.3, 0.4) is 0 Å². The first-order valence-electron chi connectivity index (χ1n) is 6.64. The number of hydrogen-bond donors (Lipinski definition) is 1. The number of aromatic amines is 1. The number of ketones is 1. The van der Waals surface area contributed by atoms with E-state index < -0.39 is 11.2 Å². The molecule has 1 unspecified atom stereocenters. The third kappa shape index (κ3) is 2.40. The summed E-state index contributed by atoms with van der Waals surface area (Å²) in [7, 11) is 0. The first kappa shape index (κ1) is 13.4. The smallest absolute Gasteiger partial charge is 0.328 e. The predicted molar refractivity (Wildman–Crippen MR) is 75.9 cm³/mol. The molecule has 6 heteroatoms. The van der Waals surface area contributed by atoms with Crippen LogP contribution in [0.15, 0.2) is 40.1 Å². The van der Waals surface area contributed by atoms with Gasteiger partial charge in [0, 0.05) is 12.6 Å². The molecule has 0 saturated carbocycles. The van der Waals surface area contributed by atoms with Gasteiger partial charge in [0.05, 0.1) is 12.1 Å². The highest BCUT2D eigenvalue weighted by molar-refractivity contribution is 5.93. The average Bonchev–Trinajstić information content (AvgIpc) is 2.85. The van der Waals surface area contributed by atoms with Gasteiger partial charge < -0.3 is 9.72 Å². The average molecular weight is 286 g/mol. The van der Waals surface area contributed by atoms with Gasteiger partial charge in [-0.3, -0.25) is 14.2 Å². The van der Waals surface area contributed by atoms with Gasteiger partial charge in [0.25, 0.3) is 5.56 Å². The van der Waals surface area contributed by atoms with Crippen molar-refractivity contribution in [2.75, 3.05) is 0 Å². The van der Waals surface area contributed by atoms with Crippen LogP contribution in [0.4, 0.5) is 0 Å². The molecule has 3 rings (SSSR count). The number of nitrogens with zero attached hydrogens (tertiary/aromatic N) is 1. The number of fused-ring (bicyclic) bond motifs is 1. The molecule has 1 aromatic carbocycles. The highest BCUT2D eigenvalue weighted by atomic mass is 16.5. The van der Waals surface area contributed by atoms with E-state index in [2.05, 4.69) is 4.98 Å². The molecule has 1 aliphatic heterocycles. The summed E-state index contributed by atoms with van der Waals surface area (Å²) in [6, 6.07) is 7.60. The Bertz CT molecular complexity index is 794. The minimum absolute atomic E-state index is 0.0230. The molecule has 0 amide bonds. The molecule has 2 aromatic rings.